The van der Waals surface area contributed by atoms with Crippen LogP contribution in [0.3, 0.4) is 0 Å². The largest absolute Gasteiger partial charge is 0.401 e. The summed E-state index contributed by atoms with van der Waals surface area (Å²) in [5, 5.41) is 0. The van der Waals surface area contributed by atoms with E-state index >= 15 is 0 Å². The Morgan fingerprint density at radius 1 is 1.10 bits per heavy atom. The third-order valence-electron chi connectivity index (χ3n) is 3.90. The number of hydrogen-bond donors (Lipinski definition) is 1. The minimum atomic E-state index is -4.13. The lowest BCUT2D eigenvalue weighted by Crippen LogP contribution is -2.39. The summed E-state index contributed by atoms with van der Waals surface area (Å²) in [5.74, 6) is 0.505. The van der Waals surface area contributed by atoms with E-state index in [9.17, 15) is 13.2 Å². The van der Waals surface area contributed by atoms with Crippen LogP contribution in [0.1, 0.15) is 32.1 Å². The number of likely N-dealkylation sites (tertiary alicyclic amines) is 2. The molecule has 7 heteroatoms. The first-order valence-electron chi connectivity index (χ1n) is 7.31. The zero-order valence-corrected chi connectivity index (χ0v) is 11.7. The molecule has 2 N–H and O–H groups in total. The molecular formula is C13H23F3N4. The van der Waals surface area contributed by atoms with Gasteiger partial charge in [-0.2, -0.15) is 13.2 Å². The van der Waals surface area contributed by atoms with Crippen LogP contribution in [-0.2, 0) is 0 Å². The first kappa shape index (κ1) is 15.4. The number of nitrogens with zero attached hydrogens (tertiary/aromatic N) is 3. The van der Waals surface area contributed by atoms with Crippen LogP contribution >= 0.6 is 0 Å². The predicted octanol–water partition coefficient (Wildman–Crippen LogP) is 1.81. The van der Waals surface area contributed by atoms with Crippen LogP contribution in [0.15, 0.2) is 4.99 Å². The number of aliphatic imine (C=N–C) groups is 1. The Hall–Kier alpha value is -0.980. The van der Waals surface area contributed by atoms with Crippen molar-refractivity contribution < 1.29 is 13.2 Å². The highest BCUT2D eigenvalue weighted by Gasteiger charge is 2.34. The van der Waals surface area contributed by atoms with E-state index in [0.717, 1.165) is 25.9 Å². The van der Waals surface area contributed by atoms with Gasteiger partial charge in [0.15, 0.2) is 5.96 Å². The van der Waals surface area contributed by atoms with Crippen molar-refractivity contribution in [2.75, 3.05) is 32.7 Å². The Balaban J connectivity index is 1.84. The van der Waals surface area contributed by atoms with Gasteiger partial charge in [0, 0.05) is 26.2 Å². The summed E-state index contributed by atoms with van der Waals surface area (Å²) in [6, 6.07) is -0.0967. The average Bonchev–Trinajstić information content (AvgIpc) is 2.63. The third kappa shape index (κ3) is 4.85. The molecule has 2 fully saturated rings. The summed E-state index contributed by atoms with van der Waals surface area (Å²) in [5.41, 5.74) is 6.01. The molecule has 0 aliphatic carbocycles. The lowest BCUT2D eigenvalue weighted by molar-refractivity contribution is -0.143. The van der Waals surface area contributed by atoms with E-state index in [0.29, 0.717) is 25.5 Å². The highest BCUT2D eigenvalue weighted by atomic mass is 19.4. The molecule has 1 atom stereocenters. The Morgan fingerprint density at radius 3 is 2.35 bits per heavy atom. The van der Waals surface area contributed by atoms with Crippen molar-refractivity contribution in [3.8, 4) is 0 Å². The number of rotatable bonds is 2. The van der Waals surface area contributed by atoms with Gasteiger partial charge < -0.3 is 10.6 Å². The summed E-state index contributed by atoms with van der Waals surface area (Å²) < 4.78 is 37.0. The molecule has 20 heavy (non-hydrogen) atoms. The van der Waals surface area contributed by atoms with Gasteiger partial charge in [-0.1, -0.05) is 12.8 Å². The van der Waals surface area contributed by atoms with Gasteiger partial charge in [-0.05, 0) is 19.3 Å². The predicted molar refractivity (Wildman–Crippen MR) is 72.6 cm³/mol. The van der Waals surface area contributed by atoms with Crippen molar-refractivity contribution >= 4 is 5.96 Å². The van der Waals surface area contributed by atoms with E-state index in [-0.39, 0.29) is 6.04 Å². The van der Waals surface area contributed by atoms with Crippen molar-refractivity contribution in [2.24, 2.45) is 10.7 Å². The van der Waals surface area contributed by atoms with Crippen LogP contribution in [0, 0.1) is 0 Å². The van der Waals surface area contributed by atoms with Crippen LogP contribution in [-0.4, -0.2) is 60.7 Å². The van der Waals surface area contributed by atoms with Crippen molar-refractivity contribution in [3.05, 3.63) is 0 Å². The summed E-state index contributed by atoms with van der Waals surface area (Å²) in [4.78, 5) is 7.91. The average molecular weight is 292 g/mol. The number of hydrogen-bond acceptors (Lipinski definition) is 2. The fourth-order valence-electron chi connectivity index (χ4n) is 2.88. The topological polar surface area (TPSA) is 44.9 Å². The maximum absolute atomic E-state index is 12.3. The molecule has 2 rings (SSSR count). The van der Waals surface area contributed by atoms with Crippen LogP contribution in [0.5, 0.6) is 0 Å². The second kappa shape index (κ2) is 6.65. The van der Waals surface area contributed by atoms with Crippen molar-refractivity contribution in [1.29, 1.82) is 0 Å². The Labute approximate surface area is 117 Å². The van der Waals surface area contributed by atoms with E-state index in [4.69, 9.17) is 5.73 Å². The second-order valence-electron chi connectivity index (χ2n) is 5.68. The first-order valence-corrected chi connectivity index (χ1v) is 7.31. The molecule has 1 unspecified atom stereocenters. The molecule has 0 bridgehead atoms. The molecule has 2 saturated heterocycles. The molecule has 2 heterocycles. The highest BCUT2D eigenvalue weighted by molar-refractivity contribution is 5.78. The number of halogens is 3. The lowest BCUT2D eigenvalue weighted by Gasteiger charge is -2.22. The fourth-order valence-corrected chi connectivity index (χ4v) is 2.88. The minimum absolute atomic E-state index is 0.0967. The fraction of sp³-hybridized carbons (Fsp3) is 0.923. The molecular weight excluding hydrogens is 269 g/mol. The van der Waals surface area contributed by atoms with E-state index in [1.807, 2.05) is 0 Å². The molecule has 0 aromatic carbocycles. The van der Waals surface area contributed by atoms with E-state index in [2.05, 4.69) is 9.89 Å². The van der Waals surface area contributed by atoms with Crippen LogP contribution < -0.4 is 5.73 Å². The standard InChI is InChI=1S/C13H23F3N4/c14-13(15,16)10-19-8-5-11(9-19)18-12(17)20-6-3-1-2-4-7-20/h11H,1-10H2,(H2,17,18). The first-order chi connectivity index (χ1) is 9.44. The zero-order chi connectivity index (χ0) is 14.6. The Kier molecular flexibility index (Phi) is 5.12. The quantitative estimate of drug-likeness (QED) is 0.623. The number of nitrogens with two attached hydrogens (primary N) is 1. The lowest BCUT2D eigenvalue weighted by atomic mass is 10.2. The molecule has 0 aromatic rings. The van der Waals surface area contributed by atoms with Crippen molar-refractivity contribution in [2.45, 2.75) is 44.3 Å². The van der Waals surface area contributed by atoms with E-state index in [1.165, 1.54) is 17.7 Å². The van der Waals surface area contributed by atoms with Gasteiger partial charge >= 0.3 is 6.18 Å². The van der Waals surface area contributed by atoms with E-state index in [1.54, 1.807) is 0 Å². The molecule has 4 nitrogen and oxygen atoms in total. The van der Waals surface area contributed by atoms with Gasteiger partial charge in [-0.3, -0.25) is 4.90 Å². The maximum atomic E-state index is 12.3. The molecule has 0 saturated carbocycles. The highest BCUT2D eigenvalue weighted by Crippen LogP contribution is 2.21. The monoisotopic (exact) mass is 292 g/mol. The number of alkyl halides is 3. The van der Waals surface area contributed by atoms with Crippen LogP contribution in [0.25, 0.3) is 0 Å². The molecule has 2 aliphatic rings. The van der Waals surface area contributed by atoms with Crippen molar-refractivity contribution in [1.82, 2.24) is 9.80 Å². The summed E-state index contributed by atoms with van der Waals surface area (Å²) >= 11 is 0. The maximum Gasteiger partial charge on any atom is 0.401 e. The Bertz CT molecular complexity index is 335. The van der Waals surface area contributed by atoms with Gasteiger partial charge in [0.1, 0.15) is 0 Å². The number of guanidine groups is 1. The van der Waals surface area contributed by atoms with Crippen LogP contribution in [0.2, 0.25) is 0 Å². The molecule has 0 radical (unpaired) electrons. The SMILES string of the molecule is NC(=NC1CCN(CC(F)(F)F)C1)N1CCCCCC1. The summed E-state index contributed by atoms with van der Waals surface area (Å²) in [7, 11) is 0. The Morgan fingerprint density at radius 2 is 1.75 bits per heavy atom. The van der Waals surface area contributed by atoms with E-state index < -0.39 is 12.7 Å². The van der Waals surface area contributed by atoms with Gasteiger partial charge in [0.25, 0.3) is 0 Å². The summed E-state index contributed by atoms with van der Waals surface area (Å²) in [6.45, 7) is 1.78. The van der Waals surface area contributed by atoms with Gasteiger partial charge in [-0.15, -0.1) is 0 Å². The minimum Gasteiger partial charge on any atom is -0.370 e. The molecule has 2 aliphatic heterocycles. The van der Waals surface area contributed by atoms with Crippen LogP contribution in [0.4, 0.5) is 13.2 Å². The van der Waals surface area contributed by atoms with Crippen molar-refractivity contribution in [3.63, 3.8) is 0 Å². The normalized spacial score (nSPS) is 26.9. The zero-order valence-electron chi connectivity index (χ0n) is 11.7. The van der Waals surface area contributed by atoms with Gasteiger partial charge in [-0.25, -0.2) is 4.99 Å². The molecule has 0 aromatic heterocycles. The molecule has 0 amide bonds. The molecule has 116 valence electrons. The van der Waals surface area contributed by atoms with Gasteiger partial charge in [0.05, 0.1) is 12.6 Å². The summed E-state index contributed by atoms with van der Waals surface area (Å²) in [6.07, 6.45) is 1.18. The second-order valence-corrected chi connectivity index (χ2v) is 5.68. The molecule has 0 spiro atoms. The smallest absolute Gasteiger partial charge is 0.370 e. The van der Waals surface area contributed by atoms with Gasteiger partial charge in [0.2, 0.25) is 0 Å². The third-order valence-corrected chi connectivity index (χ3v) is 3.90.